The van der Waals surface area contributed by atoms with Gasteiger partial charge < -0.3 is 14.4 Å². The summed E-state index contributed by atoms with van der Waals surface area (Å²) in [6, 6.07) is 8.64. The van der Waals surface area contributed by atoms with E-state index in [0.717, 1.165) is 43.7 Å². The minimum absolute atomic E-state index is 0.305. The fourth-order valence-corrected chi connectivity index (χ4v) is 4.89. The number of fused-ring (bicyclic) bond motifs is 1. The molecule has 1 aromatic heterocycles. The fraction of sp³-hybridized carbons (Fsp3) is 0.476. The first-order valence-corrected chi connectivity index (χ1v) is 10.2. The Bertz CT molecular complexity index is 774. The lowest BCUT2D eigenvalue weighted by molar-refractivity contribution is -0.131. The summed E-state index contributed by atoms with van der Waals surface area (Å²) < 4.78 is 10.7. The highest BCUT2D eigenvalue weighted by Crippen LogP contribution is 2.51. The van der Waals surface area contributed by atoms with Crippen LogP contribution in [0.15, 0.2) is 35.0 Å². The number of thiophene rings is 1. The number of amides is 1. The van der Waals surface area contributed by atoms with Crippen LogP contribution in [-0.2, 0) is 17.6 Å². The number of carbonyl (C=O) groups excluding carboxylic acids is 1. The van der Waals surface area contributed by atoms with Crippen LogP contribution >= 0.6 is 11.3 Å². The monoisotopic (exact) mass is 371 g/mol. The van der Waals surface area contributed by atoms with E-state index in [9.17, 15) is 4.79 Å². The zero-order chi connectivity index (χ0) is 18.1. The van der Waals surface area contributed by atoms with E-state index in [-0.39, 0.29) is 0 Å². The molecule has 138 valence electrons. The second kappa shape index (κ2) is 7.31. The molecule has 0 unspecified atom stereocenters. The lowest BCUT2D eigenvalue weighted by Crippen LogP contribution is -2.39. The first-order valence-electron chi connectivity index (χ1n) is 9.23. The molecule has 0 N–H and O–H groups in total. The van der Waals surface area contributed by atoms with E-state index in [0.29, 0.717) is 23.8 Å². The zero-order valence-electron chi connectivity index (χ0n) is 15.3. The zero-order valence-corrected chi connectivity index (χ0v) is 16.1. The molecule has 4 rings (SSSR count). The summed E-state index contributed by atoms with van der Waals surface area (Å²) in [4.78, 5) is 14.8. The van der Waals surface area contributed by atoms with Gasteiger partial charge in [-0.3, -0.25) is 4.79 Å². The van der Waals surface area contributed by atoms with E-state index in [4.69, 9.17) is 9.47 Å². The average molecular weight is 372 g/mol. The van der Waals surface area contributed by atoms with E-state index in [1.807, 2.05) is 12.1 Å². The van der Waals surface area contributed by atoms with E-state index in [2.05, 4.69) is 27.8 Å². The van der Waals surface area contributed by atoms with E-state index >= 15 is 0 Å². The van der Waals surface area contributed by atoms with Crippen molar-refractivity contribution in [3.63, 3.8) is 0 Å². The maximum atomic E-state index is 12.6. The van der Waals surface area contributed by atoms with Crippen LogP contribution in [-0.4, -0.2) is 37.6 Å². The lowest BCUT2D eigenvalue weighted by atomic mass is 10.0. The molecule has 1 aliphatic carbocycles. The third kappa shape index (κ3) is 3.32. The number of hydrogen-bond acceptors (Lipinski definition) is 4. The van der Waals surface area contributed by atoms with Gasteiger partial charge in [0.1, 0.15) is 0 Å². The van der Waals surface area contributed by atoms with E-state index in [1.165, 1.54) is 11.1 Å². The SMILES string of the molecule is COc1ccc(CCCN2C(=O)[C@@H]3C[C@@H]3[C@@H]2Cc2ccsc2)cc1OC. The van der Waals surface area contributed by atoms with Crippen LogP contribution in [0.3, 0.4) is 0 Å². The molecule has 2 aliphatic rings. The number of methoxy groups -OCH3 is 2. The molecule has 4 nitrogen and oxygen atoms in total. The minimum atomic E-state index is 0.305. The molecule has 1 saturated heterocycles. The van der Waals surface area contributed by atoms with E-state index < -0.39 is 0 Å². The van der Waals surface area contributed by atoms with Crippen molar-refractivity contribution in [2.75, 3.05) is 20.8 Å². The normalized spacial score (nSPS) is 23.8. The molecule has 1 amide bonds. The molecule has 1 saturated carbocycles. The largest absolute Gasteiger partial charge is 0.493 e. The number of benzene rings is 1. The molecule has 0 bridgehead atoms. The number of nitrogens with zero attached hydrogens (tertiary/aromatic N) is 1. The Morgan fingerprint density at radius 1 is 1.15 bits per heavy atom. The van der Waals surface area contributed by atoms with Crippen molar-refractivity contribution < 1.29 is 14.3 Å². The van der Waals surface area contributed by atoms with Gasteiger partial charge >= 0.3 is 0 Å². The summed E-state index contributed by atoms with van der Waals surface area (Å²) in [6.07, 6.45) is 4.01. The van der Waals surface area contributed by atoms with E-state index in [1.54, 1.807) is 25.6 Å². The maximum Gasteiger partial charge on any atom is 0.226 e. The molecule has 0 radical (unpaired) electrons. The fourth-order valence-electron chi connectivity index (χ4n) is 4.21. The summed E-state index contributed by atoms with van der Waals surface area (Å²) in [7, 11) is 3.31. The van der Waals surface area contributed by atoms with Gasteiger partial charge in [0.05, 0.1) is 14.2 Å². The molecule has 1 aromatic carbocycles. The van der Waals surface area contributed by atoms with Gasteiger partial charge in [0.15, 0.2) is 11.5 Å². The second-order valence-corrected chi connectivity index (χ2v) is 8.01. The van der Waals surface area contributed by atoms with Crippen molar-refractivity contribution in [3.8, 4) is 11.5 Å². The Labute approximate surface area is 158 Å². The average Bonchev–Trinajstić information content (AvgIpc) is 3.21. The van der Waals surface area contributed by atoms with Gasteiger partial charge in [-0.2, -0.15) is 11.3 Å². The van der Waals surface area contributed by atoms with Crippen molar-refractivity contribution in [1.82, 2.24) is 4.90 Å². The Balaban J connectivity index is 1.37. The topological polar surface area (TPSA) is 38.8 Å². The van der Waals surface area contributed by atoms with Crippen LogP contribution in [0, 0.1) is 11.8 Å². The van der Waals surface area contributed by atoms with Crippen LogP contribution in [0.1, 0.15) is 24.0 Å². The van der Waals surface area contributed by atoms with Gasteiger partial charge in [-0.15, -0.1) is 0 Å². The summed E-state index contributed by atoms with van der Waals surface area (Å²) in [6.45, 7) is 0.842. The summed E-state index contributed by atoms with van der Waals surface area (Å²) >= 11 is 1.74. The van der Waals surface area contributed by atoms with Crippen LogP contribution in [0.2, 0.25) is 0 Å². The third-order valence-electron chi connectivity index (χ3n) is 5.67. The molecule has 2 heterocycles. The summed E-state index contributed by atoms with van der Waals surface area (Å²) in [5.41, 5.74) is 2.58. The van der Waals surface area contributed by atoms with Gasteiger partial charge in [-0.25, -0.2) is 0 Å². The summed E-state index contributed by atoms with van der Waals surface area (Å²) in [5.74, 6) is 2.78. The Hall–Kier alpha value is -2.01. The smallest absolute Gasteiger partial charge is 0.226 e. The number of aryl methyl sites for hydroxylation is 1. The Kier molecular flexibility index (Phi) is 4.90. The van der Waals surface area contributed by atoms with Crippen molar-refractivity contribution in [2.24, 2.45) is 11.8 Å². The van der Waals surface area contributed by atoms with Gasteiger partial charge in [0, 0.05) is 18.5 Å². The lowest BCUT2D eigenvalue weighted by Gasteiger charge is -2.27. The van der Waals surface area contributed by atoms with Crippen LogP contribution in [0.25, 0.3) is 0 Å². The van der Waals surface area contributed by atoms with Crippen LogP contribution < -0.4 is 9.47 Å². The standard InChI is InChI=1S/C21H25NO3S/c1-24-19-6-5-14(11-20(19)25-2)4-3-8-22-18(10-15-7-9-26-13-15)16-12-17(16)21(22)23/h5-7,9,11,13,16-18H,3-4,8,10,12H2,1-2H3/t16-,17+,18-/m0/s1. The van der Waals surface area contributed by atoms with Crippen LogP contribution in [0.4, 0.5) is 0 Å². The minimum Gasteiger partial charge on any atom is -0.493 e. The highest BCUT2D eigenvalue weighted by Gasteiger charge is 2.57. The number of rotatable bonds is 8. The van der Waals surface area contributed by atoms with Gasteiger partial charge in [0.2, 0.25) is 5.91 Å². The maximum absolute atomic E-state index is 12.6. The number of hydrogen-bond donors (Lipinski definition) is 0. The number of likely N-dealkylation sites (tertiary alicyclic amines) is 1. The van der Waals surface area contributed by atoms with Crippen molar-refractivity contribution >= 4 is 17.2 Å². The van der Waals surface area contributed by atoms with Gasteiger partial charge in [0.25, 0.3) is 0 Å². The summed E-state index contributed by atoms with van der Waals surface area (Å²) in [5, 5.41) is 4.33. The molecule has 2 fully saturated rings. The van der Waals surface area contributed by atoms with Crippen LogP contribution in [0.5, 0.6) is 11.5 Å². The third-order valence-corrected chi connectivity index (χ3v) is 6.40. The Morgan fingerprint density at radius 2 is 2.00 bits per heavy atom. The predicted molar refractivity (Wildman–Crippen MR) is 103 cm³/mol. The molecule has 2 aromatic rings. The van der Waals surface area contributed by atoms with Crippen molar-refractivity contribution in [1.29, 1.82) is 0 Å². The second-order valence-electron chi connectivity index (χ2n) is 7.23. The van der Waals surface area contributed by atoms with Crippen molar-refractivity contribution in [3.05, 3.63) is 46.2 Å². The molecule has 0 spiro atoms. The number of ether oxygens (including phenoxy) is 2. The van der Waals surface area contributed by atoms with Crippen molar-refractivity contribution in [2.45, 2.75) is 31.7 Å². The highest BCUT2D eigenvalue weighted by atomic mass is 32.1. The van der Waals surface area contributed by atoms with Gasteiger partial charge in [-0.1, -0.05) is 6.07 Å². The molecular formula is C21H25NO3S. The number of piperidine rings is 1. The first kappa shape index (κ1) is 17.4. The molecule has 26 heavy (non-hydrogen) atoms. The Morgan fingerprint density at radius 3 is 2.73 bits per heavy atom. The highest BCUT2D eigenvalue weighted by molar-refractivity contribution is 7.07. The molecular weight excluding hydrogens is 346 g/mol. The van der Waals surface area contributed by atoms with Gasteiger partial charge in [-0.05, 0) is 71.7 Å². The number of carbonyl (C=O) groups is 1. The molecule has 1 aliphatic heterocycles. The first-order chi connectivity index (χ1) is 12.7. The quantitative estimate of drug-likeness (QED) is 0.709. The molecule has 5 heteroatoms. The predicted octanol–water partition coefficient (Wildman–Crippen LogP) is 3.79. The molecule has 3 atom stereocenters.